The Labute approximate surface area is 59.5 Å². The summed E-state index contributed by atoms with van der Waals surface area (Å²) in [6, 6.07) is 0. The van der Waals surface area contributed by atoms with Gasteiger partial charge in [-0.05, 0) is 6.92 Å². The zero-order valence-corrected chi connectivity index (χ0v) is 5.91. The van der Waals surface area contributed by atoms with Crippen molar-refractivity contribution < 1.29 is 19.8 Å². The molecule has 0 aromatic rings. The van der Waals surface area contributed by atoms with Crippen LogP contribution in [-0.4, -0.2) is 35.5 Å². The van der Waals surface area contributed by atoms with Gasteiger partial charge >= 0.3 is 0 Å². The molecule has 2 N–H and O–H groups in total. The zero-order valence-electron chi connectivity index (χ0n) is 5.91. The molecule has 0 amide bonds. The molecule has 60 valence electrons. The normalized spacial score (nSPS) is 11.1. The van der Waals surface area contributed by atoms with Crippen LogP contribution in [0.5, 0.6) is 0 Å². The molecule has 0 aliphatic carbocycles. The lowest BCUT2D eigenvalue weighted by Crippen LogP contribution is -2.15. The predicted molar refractivity (Wildman–Crippen MR) is 35.5 cm³/mol. The Morgan fingerprint density at radius 1 is 1.60 bits per heavy atom. The highest BCUT2D eigenvalue weighted by molar-refractivity contribution is 5.75. The summed E-state index contributed by atoms with van der Waals surface area (Å²) < 4.78 is 0. The van der Waals surface area contributed by atoms with Crippen LogP contribution in [-0.2, 0) is 9.59 Å². The Morgan fingerprint density at radius 3 is 2.10 bits per heavy atom. The molecular formula is C6H12O4. The van der Waals surface area contributed by atoms with Crippen molar-refractivity contribution in [3.8, 4) is 0 Å². The number of hydrogen-bond donors (Lipinski definition) is 2. The molecule has 10 heavy (non-hydrogen) atoms. The molecule has 1 atom stereocenters. The second-order valence-electron chi connectivity index (χ2n) is 1.74. The number of carbonyl (C=O) groups excluding carboxylic acids is 2. The number of ketones is 1. The molecule has 4 heteroatoms. The third-order valence-corrected chi connectivity index (χ3v) is 0.734. The molecule has 0 spiro atoms. The quantitative estimate of drug-likeness (QED) is 0.545. The van der Waals surface area contributed by atoms with Gasteiger partial charge in [-0.2, -0.15) is 0 Å². The first-order chi connectivity index (χ1) is 4.66. The van der Waals surface area contributed by atoms with Gasteiger partial charge in [0.05, 0.1) is 12.7 Å². The summed E-state index contributed by atoms with van der Waals surface area (Å²) in [5.74, 6) is -0.105. The first-order valence-corrected chi connectivity index (χ1v) is 2.74. The zero-order chi connectivity index (χ0) is 8.57. The number of carbonyl (C=O) groups is 2. The topological polar surface area (TPSA) is 74.6 Å². The van der Waals surface area contributed by atoms with Crippen LogP contribution < -0.4 is 0 Å². The number of Topliss-reactive ketones (excluding diaryl/α,β-unsaturated/α-hetero) is 1. The van der Waals surface area contributed by atoms with E-state index in [1.807, 2.05) is 6.79 Å². The SMILES string of the molecule is C=O.CC(=O)CC(O)CO. The number of aliphatic hydroxyl groups excluding tert-OH is 2. The maximum atomic E-state index is 10.1. The molecule has 0 radical (unpaired) electrons. The third-order valence-electron chi connectivity index (χ3n) is 0.734. The van der Waals surface area contributed by atoms with Gasteiger partial charge in [0, 0.05) is 6.42 Å². The molecule has 0 aliphatic heterocycles. The minimum absolute atomic E-state index is 0.0521. The van der Waals surface area contributed by atoms with E-state index in [9.17, 15) is 4.79 Å². The summed E-state index contributed by atoms with van der Waals surface area (Å²) in [6.45, 7) is 3.04. The Morgan fingerprint density at radius 2 is 2.00 bits per heavy atom. The Kier molecular flexibility index (Phi) is 9.90. The smallest absolute Gasteiger partial charge is 0.132 e. The summed E-state index contributed by atoms with van der Waals surface area (Å²) in [5.41, 5.74) is 0. The minimum Gasteiger partial charge on any atom is -0.394 e. The van der Waals surface area contributed by atoms with Crippen LogP contribution in [0.2, 0.25) is 0 Å². The van der Waals surface area contributed by atoms with E-state index in [1.165, 1.54) is 6.92 Å². The second-order valence-corrected chi connectivity index (χ2v) is 1.74. The molecule has 0 heterocycles. The first kappa shape index (κ1) is 12.0. The highest BCUT2D eigenvalue weighted by Crippen LogP contribution is 1.88. The van der Waals surface area contributed by atoms with Crippen molar-refractivity contribution in [1.82, 2.24) is 0 Å². The van der Waals surface area contributed by atoms with Crippen molar-refractivity contribution in [2.75, 3.05) is 6.61 Å². The monoisotopic (exact) mass is 148 g/mol. The van der Waals surface area contributed by atoms with Gasteiger partial charge < -0.3 is 15.0 Å². The van der Waals surface area contributed by atoms with Crippen LogP contribution in [0.1, 0.15) is 13.3 Å². The summed E-state index contributed by atoms with van der Waals surface area (Å²) in [7, 11) is 0. The number of rotatable bonds is 3. The number of hydrogen-bond acceptors (Lipinski definition) is 4. The fourth-order valence-electron chi connectivity index (χ4n) is 0.396. The van der Waals surface area contributed by atoms with E-state index in [0.29, 0.717) is 0 Å². The highest BCUT2D eigenvalue weighted by Gasteiger charge is 2.03. The van der Waals surface area contributed by atoms with E-state index < -0.39 is 6.10 Å². The maximum Gasteiger partial charge on any atom is 0.132 e. The lowest BCUT2D eigenvalue weighted by molar-refractivity contribution is -0.119. The van der Waals surface area contributed by atoms with Crippen LogP contribution >= 0.6 is 0 Å². The van der Waals surface area contributed by atoms with E-state index in [-0.39, 0.29) is 18.8 Å². The van der Waals surface area contributed by atoms with Gasteiger partial charge in [-0.15, -0.1) is 0 Å². The van der Waals surface area contributed by atoms with Gasteiger partial charge in [-0.1, -0.05) is 0 Å². The minimum atomic E-state index is -0.868. The average Bonchev–Trinajstić information content (AvgIpc) is 1.91. The van der Waals surface area contributed by atoms with Crippen molar-refractivity contribution in [2.45, 2.75) is 19.4 Å². The molecule has 1 unspecified atom stereocenters. The van der Waals surface area contributed by atoms with Crippen LogP contribution in [0.15, 0.2) is 0 Å². The maximum absolute atomic E-state index is 10.1. The van der Waals surface area contributed by atoms with Crippen LogP contribution in [0.4, 0.5) is 0 Å². The molecule has 0 rings (SSSR count). The van der Waals surface area contributed by atoms with Crippen molar-refractivity contribution in [2.24, 2.45) is 0 Å². The lowest BCUT2D eigenvalue weighted by atomic mass is 10.2. The molecule has 0 saturated heterocycles. The second kappa shape index (κ2) is 8.26. The largest absolute Gasteiger partial charge is 0.394 e. The molecule has 0 aromatic carbocycles. The fourth-order valence-corrected chi connectivity index (χ4v) is 0.396. The van der Waals surface area contributed by atoms with Gasteiger partial charge in [0.1, 0.15) is 12.6 Å². The van der Waals surface area contributed by atoms with Gasteiger partial charge in [0.2, 0.25) is 0 Å². The summed E-state index contributed by atoms with van der Waals surface area (Å²) in [5, 5.41) is 16.7. The van der Waals surface area contributed by atoms with Gasteiger partial charge in [-0.3, -0.25) is 4.79 Å². The average molecular weight is 148 g/mol. The van der Waals surface area contributed by atoms with E-state index in [4.69, 9.17) is 15.0 Å². The summed E-state index contributed by atoms with van der Waals surface area (Å²) in [6.07, 6.45) is -0.816. The van der Waals surface area contributed by atoms with Crippen molar-refractivity contribution in [3.63, 3.8) is 0 Å². The van der Waals surface area contributed by atoms with E-state index >= 15 is 0 Å². The van der Waals surface area contributed by atoms with Crippen molar-refractivity contribution in [3.05, 3.63) is 0 Å². The highest BCUT2D eigenvalue weighted by atomic mass is 16.3. The van der Waals surface area contributed by atoms with Crippen LogP contribution in [0, 0.1) is 0 Å². The Balaban J connectivity index is 0. The standard InChI is InChI=1S/C5H10O3.CH2O/c1-4(7)2-5(8)3-6;1-2/h5-6,8H,2-3H2,1H3;1H2. The van der Waals surface area contributed by atoms with E-state index in [1.54, 1.807) is 0 Å². The van der Waals surface area contributed by atoms with Crippen LogP contribution in [0.25, 0.3) is 0 Å². The van der Waals surface area contributed by atoms with Gasteiger partial charge in [0.25, 0.3) is 0 Å². The predicted octanol–water partition coefficient (Wildman–Crippen LogP) is -0.866. The van der Waals surface area contributed by atoms with E-state index in [2.05, 4.69) is 0 Å². The fraction of sp³-hybridized carbons (Fsp3) is 0.667. The van der Waals surface area contributed by atoms with Gasteiger partial charge in [-0.25, -0.2) is 0 Å². The third kappa shape index (κ3) is 10.3. The Bertz CT molecular complexity index is 91.7. The molecular weight excluding hydrogens is 136 g/mol. The molecule has 0 saturated carbocycles. The van der Waals surface area contributed by atoms with Crippen LogP contribution in [0.3, 0.4) is 0 Å². The first-order valence-electron chi connectivity index (χ1n) is 2.74. The molecule has 0 fully saturated rings. The lowest BCUT2D eigenvalue weighted by Gasteiger charge is -2.00. The molecule has 0 bridgehead atoms. The molecule has 4 nitrogen and oxygen atoms in total. The van der Waals surface area contributed by atoms with Crippen molar-refractivity contribution in [1.29, 1.82) is 0 Å². The molecule has 0 aromatic heterocycles. The Hall–Kier alpha value is -0.740. The van der Waals surface area contributed by atoms with Gasteiger partial charge in [0.15, 0.2) is 0 Å². The molecule has 0 aliphatic rings. The number of aliphatic hydroxyl groups is 2. The van der Waals surface area contributed by atoms with E-state index in [0.717, 1.165) is 0 Å². The van der Waals surface area contributed by atoms with Crippen molar-refractivity contribution >= 4 is 12.6 Å². The summed E-state index contributed by atoms with van der Waals surface area (Å²) >= 11 is 0. The summed E-state index contributed by atoms with van der Waals surface area (Å²) in [4.78, 5) is 18.1.